The van der Waals surface area contributed by atoms with Crippen LogP contribution in [0.5, 0.6) is 0 Å². The molecule has 1 atom stereocenters. The van der Waals surface area contributed by atoms with Crippen molar-refractivity contribution in [2.75, 3.05) is 20.1 Å². The van der Waals surface area contributed by atoms with Gasteiger partial charge in [0.15, 0.2) is 0 Å². The summed E-state index contributed by atoms with van der Waals surface area (Å²) in [6.07, 6.45) is 7.49. The minimum Gasteiger partial charge on any atom is -0.329 e. The van der Waals surface area contributed by atoms with Crippen LogP contribution in [0.1, 0.15) is 31.0 Å². The van der Waals surface area contributed by atoms with Crippen LogP contribution in [-0.4, -0.2) is 35.0 Å². The molecule has 1 unspecified atom stereocenters. The van der Waals surface area contributed by atoms with Crippen LogP contribution in [0.15, 0.2) is 18.6 Å². The molecule has 88 valence electrons. The SMILES string of the molecule is CN(CC1CCC1)C(CN)c1ccncn1. The van der Waals surface area contributed by atoms with Gasteiger partial charge in [-0.1, -0.05) is 6.42 Å². The maximum Gasteiger partial charge on any atom is 0.115 e. The standard InChI is InChI=1S/C12H20N4/c1-16(8-10-3-2-4-10)12(7-13)11-5-6-14-9-15-11/h5-6,9-10,12H,2-4,7-8,13H2,1H3. The molecule has 0 amide bonds. The van der Waals surface area contributed by atoms with Gasteiger partial charge in [-0.15, -0.1) is 0 Å². The predicted molar refractivity (Wildman–Crippen MR) is 63.8 cm³/mol. The van der Waals surface area contributed by atoms with Gasteiger partial charge in [-0.05, 0) is 31.9 Å². The van der Waals surface area contributed by atoms with Crippen molar-refractivity contribution in [3.05, 3.63) is 24.3 Å². The molecule has 2 rings (SSSR count). The van der Waals surface area contributed by atoms with E-state index in [1.165, 1.54) is 19.3 Å². The lowest BCUT2D eigenvalue weighted by Crippen LogP contribution is -2.36. The van der Waals surface area contributed by atoms with E-state index in [2.05, 4.69) is 21.9 Å². The van der Waals surface area contributed by atoms with Gasteiger partial charge in [0.05, 0.1) is 11.7 Å². The molecule has 1 aromatic rings. The van der Waals surface area contributed by atoms with E-state index < -0.39 is 0 Å². The second-order valence-corrected chi connectivity index (χ2v) is 4.62. The number of rotatable bonds is 5. The first-order valence-electron chi connectivity index (χ1n) is 5.97. The van der Waals surface area contributed by atoms with Crippen molar-refractivity contribution in [1.82, 2.24) is 14.9 Å². The molecular weight excluding hydrogens is 200 g/mol. The molecular formula is C12H20N4. The zero-order valence-corrected chi connectivity index (χ0v) is 9.84. The zero-order chi connectivity index (χ0) is 11.4. The molecule has 1 aromatic heterocycles. The van der Waals surface area contributed by atoms with Crippen LogP contribution < -0.4 is 5.73 Å². The molecule has 1 aliphatic carbocycles. The van der Waals surface area contributed by atoms with Crippen LogP contribution in [0, 0.1) is 5.92 Å². The molecule has 0 radical (unpaired) electrons. The smallest absolute Gasteiger partial charge is 0.115 e. The topological polar surface area (TPSA) is 55.0 Å². The van der Waals surface area contributed by atoms with Crippen molar-refractivity contribution in [3.63, 3.8) is 0 Å². The van der Waals surface area contributed by atoms with Gasteiger partial charge in [0.25, 0.3) is 0 Å². The largest absolute Gasteiger partial charge is 0.329 e. The van der Waals surface area contributed by atoms with Crippen LogP contribution >= 0.6 is 0 Å². The summed E-state index contributed by atoms with van der Waals surface area (Å²) < 4.78 is 0. The highest BCUT2D eigenvalue weighted by molar-refractivity contribution is 5.05. The molecule has 1 saturated carbocycles. The molecule has 2 N–H and O–H groups in total. The number of nitrogens with zero attached hydrogens (tertiary/aromatic N) is 3. The Kier molecular flexibility index (Phi) is 3.85. The van der Waals surface area contributed by atoms with Gasteiger partial charge in [0, 0.05) is 19.3 Å². The Morgan fingerprint density at radius 2 is 2.38 bits per heavy atom. The van der Waals surface area contributed by atoms with Gasteiger partial charge >= 0.3 is 0 Å². The third kappa shape index (κ3) is 2.57. The van der Waals surface area contributed by atoms with Gasteiger partial charge < -0.3 is 5.73 Å². The van der Waals surface area contributed by atoms with Gasteiger partial charge in [-0.2, -0.15) is 0 Å². The molecule has 4 nitrogen and oxygen atoms in total. The van der Waals surface area contributed by atoms with Crippen molar-refractivity contribution >= 4 is 0 Å². The summed E-state index contributed by atoms with van der Waals surface area (Å²) in [5, 5.41) is 0. The first kappa shape index (κ1) is 11.5. The summed E-state index contributed by atoms with van der Waals surface area (Å²) in [6.45, 7) is 1.74. The monoisotopic (exact) mass is 220 g/mol. The number of likely N-dealkylation sites (N-methyl/N-ethyl adjacent to an activating group) is 1. The summed E-state index contributed by atoms with van der Waals surface area (Å²) in [4.78, 5) is 10.6. The summed E-state index contributed by atoms with van der Waals surface area (Å²) in [5.41, 5.74) is 6.87. The molecule has 0 bridgehead atoms. The third-order valence-corrected chi connectivity index (χ3v) is 3.47. The van der Waals surface area contributed by atoms with Crippen molar-refractivity contribution in [3.8, 4) is 0 Å². The van der Waals surface area contributed by atoms with E-state index in [-0.39, 0.29) is 6.04 Å². The first-order valence-corrected chi connectivity index (χ1v) is 5.97. The number of hydrogen-bond donors (Lipinski definition) is 1. The van der Waals surface area contributed by atoms with E-state index in [1.807, 2.05) is 6.07 Å². The molecule has 1 fully saturated rings. The highest BCUT2D eigenvalue weighted by atomic mass is 15.2. The van der Waals surface area contributed by atoms with Gasteiger partial charge in [-0.3, -0.25) is 4.90 Å². The Hall–Kier alpha value is -1.00. The number of nitrogens with two attached hydrogens (primary N) is 1. The highest BCUT2D eigenvalue weighted by Gasteiger charge is 2.23. The van der Waals surface area contributed by atoms with Crippen LogP contribution in [0.2, 0.25) is 0 Å². The molecule has 0 spiro atoms. The Balaban J connectivity index is 1.98. The lowest BCUT2D eigenvalue weighted by Gasteiger charge is -2.34. The Morgan fingerprint density at radius 1 is 1.56 bits per heavy atom. The molecule has 0 aromatic carbocycles. The second kappa shape index (κ2) is 5.37. The lowest BCUT2D eigenvalue weighted by molar-refractivity contribution is 0.162. The van der Waals surface area contributed by atoms with E-state index in [4.69, 9.17) is 5.73 Å². The molecule has 4 heteroatoms. The Labute approximate surface area is 96.9 Å². The van der Waals surface area contributed by atoms with Crippen LogP contribution in [0.3, 0.4) is 0 Å². The average molecular weight is 220 g/mol. The fourth-order valence-corrected chi connectivity index (χ4v) is 2.23. The van der Waals surface area contributed by atoms with E-state index in [0.29, 0.717) is 6.54 Å². The van der Waals surface area contributed by atoms with Crippen LogP contribution in [-0.2, 0) is 0 Å². The third-order valence-electron chi connectivity index (χ3n) is 3.47. The van der Waals surface area contributed by atoms with Gasteiger partial charge in [0.1, 0.15) is 6.33 Å². The average Bonchev–Trinajstić information content (AvgIpc) is 2.26. The van der Waals surface area contributed by atoms with Crippen molar-refractivity contribution in [2.24, 2.45) is 11.7 Å². The molecule has 1 aliphatic rings. The summed E-state index contributed by atoms with van der Waals surface area (Å²) >= 11 is 0. The van der Waals surface area contributed by atoms with E-state index in [1.54, 1.807) is 12.5 Å². The van der Waals surface area contributed by atoms with Crippen molar-refractivity contribution < 1.29 is 0 Å². The maximum atomic E-state index is 5.84. The Morgan fingerprint density at radius 3 is 2.88 bits per heavy atom. The molecule has 0 saturated heterocycles. The summed E-state index contributed by atoms with van der Waals surface area (Å²) in [5.74, 6) is 0.862. The normalized spacial score (nSPS) is 18.4. The highest BCUT2D eigenvalue weighted by Crippen LogP contribution is 2.28. The summed E-state index contributed by atoms with van der Waals surface area (Å²) in [7, 11) is 2.14. The van der Waals surface area contributed by atoms with Crippen LogP contribution in [0.4, 0.5) is 0 Å². The fraction of sp³-hybridized carbons (Fsp3) is 0.667. The van der Waals surface area contributed by atoms with E-state index in [9.17, 15) is 0 Å². The molecule has 0 aliphatic heterocycles. The van der Waals surface area contributed by atoms with E-state index >= 15 is 0 Å². The first-order chi connectivity index (χ1) is 7.81. The molecule has 16 heavy (non-hydrogen) atoms. The fourth-order valence-electron chi connectivity index (χ4n) is 2.23. The van der Waals surface area contributed by atoms with Gasteiger partial charge in [0.2, 0.25) is 0 Å². The van der Waals surface area contributed by atoms with Crippen molar-refractivity contribution in [1.29, 1.82) is 0 Å². The van der Waals surface area contributed by atoms with Crippen molar-refractivity contribution in [2.45, 2.75) is 25.3 Å². The number of aromatic nitrogens is 2. The maximum absolute atomic E-state index is 5.84. The Bertz CT molecular complexity index is 310. The van der Waals surface area contributed by atoms with Gasteiger partial charge in [-0.25, -0.2) is 9.97 Å². The quantitative estimate of drug-likeness (QED) is 0.810. The number of hydrogen-bond acceptors (Lipinski definition) is 4. The summed E-state index contributed by atoms with van der Waals surface area (Å²) in [6, 6.07) is 2.18. The zero-order valence-electron chi connectivity index (χ0n) is 9.84. The molecule has 1 heterocycles. The lowest BCUT2D eigenvalue weighted by atomic mass is 9.85. The minimum atomic E-state index is 0.226. The second-order valence-electron chi connectivity index (χ2n) is 4.62. The predicted octanol–water partition coefficient (Wildman–Crippen LogP) is 1.21. The van der Waals surface area contributed by atoms with Crippen LogP contribution in [0.25, 0.3) is 0 Å². The van der Waals surface area contributed by atoms with E-state index in [0.717, 1.165) is 18.2 Å². The minimum absolute atomic E-state index is 0.226.